The molecular weight excluding hydrogens is 394 g/mol. The molecule has 31 heavy (non-hydrogen) atoms. The Morgan fingerprint density at radius 1 is 1.23 bits per heavy atom. The number of carbonyl (C=O) groups is 2. The third-order valence-corrected chi connectivity index (χ3v) is 7.18. The number of primary amides is 1. The van der Waals surface area contributed by atoms with Gasteiger partial charge in [-0.05, 0) is 82.8 Å². The number of anilines is 1. The van der Waals surface area contributed by atoms with Gasteiger partial charge in [-0.25, -0.2) is 9.31 Å². The van der Waals surface area contributed by atoms with Crippen molar-refractivity contribution in [3.05, 3.63) is 30.1 Å². The molecule has 0 saturated heterocycles. The second-order valence-electron chi connectivity index (χ2n) is 10.7. The molecule has 4 N–H and O–H groups in total. The fourth-order valence-corrected chi connectivity index (χ4v) is 6.43. The molecular formula is C23H31N5O3. The maximum atomic E-state index is 12.5. The van der Waals surface area contributed by atoms with E-state index in [1.165, 1.54) is 0 Å². The Labute approximate surface area is 181 Å². The summed E-state index contributed by atoms with van der Waals surface area (Å²) in [5.41, 5.74) is 7.00. The Hall–Kier alpha value is -2.77. The molecule has 2 amide bonds. The second-order valence-corrected chi connectivity index (χ2v) is 10.7. The molecule has 4 saturated carbocycles. The van der Waals surface area contributed by atoms with E-state index in [9.17, 15) is 9.59 Å². The average Bonchev–Trinajstić information content (AvgIpc) is 3.10. The summed E-state index contributed by atoms with van der Waals surface area (Å²) in [5.74, 6) is 0.979. The van der Waals surface area contributed by atoms with E-state index in [1.807, 2.05) is 39.1 Å². The molecule has 4 bridgehead atoms. The molecule has 2 aromatic heterocycles. The van der Waals surface area contributed by atoms with Crippen molar-refractivity contribution < 1.29 is 14.3 Å². The third-order valence-electron chi connectivity index (χ3n) is 7.18. The van der Waals surface area contributed by atoms with Gasteiger partial charge in [0.1, 0.15) is 5.60 Å². The number of fused-ring (bicyclic) bond motifs is 1. The van der Waals surface area contributed by atoms with Crippen molar-refractivity contribution in [3.8, 4) is 0 Å². The number of hydrogen-bond acceptors (Lipinski definition) is 5. The van der Waals surface area contributed by atoms with E-state index in [-0.39, 0.29) is 17.7 Å². The lowest BCUT2D eigenvalue weighted by atomic mass is 9.51. The van der Waals surface area contributed by atoms with Crippen molar-refractivity contribution in [2.75, 3.05) is 5.32 Å². The van der Waals surface area contributed by atoms with E-state index in [0.29, 0.717) is 23.3 Å². The standard InChI is InChI=1S/C23H31N5O3/c1-22(2,3)31-21(30)27-23-9-13-7-14(10-23)18(15(8-13)11-23)26-19-16(20(24)29)12-25-28-6-4-5-17(19)28/h4-6,12-15,18,26H,7-11H2,1-3H3,(H2,24,29)(H,27,30). The zero-order valence-electron chi connectivity index (χ0n) is 18.4. The van der Waals surface area contributed by atoms with Crippen molar-refractivity contribution >= 4 is 23.2 Å². The minimum Gasteiger partial charge on any atom is -0.444 e. The molecule has 8 heteroatoms. The van der Waals surface area contributed by atoms with Gasteiger partial charge in [-0.1, -0.05) is 0 Å². The summed E-state index contributed by atoms with van der Waals surface area (Å²) >= 11 is 0. The number of nitrogens with two attached hydrogens (primary N) is 1. The summed E-state index contributed by atoms with van der Waals surface area (Å²) in [6.45, 7) is 5.67. The number of rotatable bonds is 4. The van der Waals surface area contributed by atoms with Crippen LogP contribution in [0.4, 0.5) is 10.5 Å². The van der Waals surface area contributed by atoms with Gasteiger partial charge >= 0.3 is 6.09 Å². The lowest BCUT2D eigenvalue weighted by Crippen LogP contribution is -2.65. The van der Waals surface area contributed by atoms with Crippen LogP contribution in [-0.4, -0.2) is 38.8 Å². The highest BCUT2D eigenvalue weighted by atomic mass is 16.6. The van der Waals surface area contributed by atoms with Crippen molar-refractivity contribution in [3.63, 3.8) is 0 Å². The first-order chi connectivity index (χ1) is 14.6. The van der Waals surface area contributed by atoms with E-state index >= 15 is 0 Å². The lowest BCUT2D eigenvalue weighted by molar-refractivity contribution is -0.0348. The van der Waals surface area contributed by atoms with Gasteiger partial charge in [0.15, 0.2) is 0 Å². The highest BCUT2D eigenvalue weighted by molar-refractivity contribution is 6.01. The molecule has 6 rings (SSSR count). The van der Waals surface area contributed by atoms with Crippen LogP contribution in [0.3, 0.4) is 0 Å². The summed E-state index contributed by atoms with van der Waals surface area (Å²) in [6, 6.07) is 4.10. The molecule has 2 unspecified atom stereocenters. The molecule has 4 aliphatic carbocycles. The molecule has 166 valence electrons. The Morgan fingerprint density at radius 3 is 2.58 bits per heavy atom. The fourth-order valence-electron chi connectivity index (χ4n) is 6.43. The van der Waals surface area contributed by atoms with E-state index in [2.05, 4.69) is 15.7 Å². The summed E-state index contributed by atoms with van der Waals surface area (Å²) in [7, 11) is 0. The number of nitrogens with zero attached hydrogens (tertiary/aromatic N) is 2. The first kappa shape index (κ1) is 20.2. The zero-order chi connectivity index (χ0) is 22.0. The maximum absolute atomic E-state index is 12.5. The van der Waals surface area contributed by atoms with Crippen LogP contribution in [0.5, 0.6) is 0 Å². The summed E-state index contributed by atoms with van der Waals surface area (Å²) in [5, 5.41) is 11.2. The minimum atomic E-state index is -0.508. The molecule has 2 aromatic rings. The lowest BCUT2D eigenvalue weighted by Gasteiger charge is -2.60. The Balaban J connectivity index is 1.40. The van der Waals surface area contributed by atoms with Crippen LogP contribution in [0.2, 0.25) is 0 Å². The molecule has 8 nitrogen and oxygen atoms in total. The van der Waals surface area contributed by atoms with Crippen LogP contribution in [-0.2, 0) is 4.74 Å². The first-order valence-corrected chi connectivity index (χ1v) is 11.2. The van der Waals surface area contributed by atoms with E-state index < -0.39 is 11.5 Å². The van der Waals surface area contributed by atoms with Gasteiger partial charge in [0.2, 0.25) is 0 Å². The largest absolute Gasteiger partial charge is 0.444 e. The smallest absolute Gasteiger partial charge is 0.408 e. The highest BCUT2D eigenvalue weighted by Gasteiger charge is 2.56. The van der Waals surface area contributed by atoms with Crippen LogP contribution in [0.1, 0.15) is 63.2 Å². The molecule has 0 spiro atoms. The predicted octanol–water partition coefficient (Wildman–Crippen LogP) is 3.32. The maximum Gasteiger partial charge on any atom is 0.408 e. The third kappa shape index (κ3) is 3.62. The van der Waals surface area contributed by atoms with Crippen molar-refractivity contribution in [1.29, 1.82) is 0 Å². The highest BCUT2D eigenvalue weighted by Crippen LogP contribution is 2.56. The van der Waals surface area contributed by atoms with Gasteiger partial charge in [-0.2, -0.15) is 5.10 Å². The van der Waals surface area contributed by atoms with E-state index in [0.717, 1.165) is 43.3 Å². The van der Waals surface area contributed by atoms with Gasteiger partial charge in [0.05, 0.1) is 23.0 Å². The minimum absolute atomic E-state index is 0.188. The molecule has 4 fully saturated rings. The number of carbonyl (C=O) groups excluding carboxylic acids is 2. The van der Waals surface area contributed by atoms with Gasteiger partial charge in [-0.3, -0.25) is 4.79 Å². The van der Waals surface area contributed by atoms with E-state index in [4.69, 9.17) is 10.5 Å². The van der Waals surface area contributed by atoms with Crippen LogP contribution >= 0.6 is 0 Å². The van der Waals surface area contributed by atoms with Gasteiger partial charge < -0.3 is 21.1 Å². The summed E-state index contributed by atoms with van der Waals surface area (Å²) in [4.78, 5) is 24.6. The number of amides is 2. The van der Waals surface area contributed by atoms with Crippen molar-refractivity contribution in [2.45, 2.75) is 70.1 Å². The SMILES string of the molecule is CC(C)(C)OC(=O)NC12CC3CC(C1)C(Nc1c(C(N)=O)cnn4cccc14)C(C3)C2. The molecule has 4 aliphatic rings. The van der Waals surface area contributed by atoms with Gasteiger partial charge in [-0.15, -0.1) is 0 Å². The number of nitrogens with one attached hydrogen (secondary N) is 2. The van der Waals surface area contributed by atoms with Crippen molar-refractivity contribution in [2.24, 2.45) is 23.5 Å². The summed E-state index contributed by atoms with van der Waals surface area (Å²) in [6.07, 6.45) is 8.23. The number of aromatic nitrogens is 2. The number of alkyl carbamates (subject to hydrolysis) is 1. The average molecular weight is 426 g/mol. The topological polar surface area (TPSA) is 111 Å². The monoisotopic (exact) mass is 425 g/mol. The summed E-state index contributed by atoms with van der Waals surface area (Å²) < 4.78 is 7.31. The fraction of sp³-hybridized carbons (Fsp3) is 0.609. The van der Waals surface area contributed by atoms with Crippen LogP contribution in [0, 0.1) is 17.8 Å². The van der Waals surface area contributed by atoms with Crippen molar-refractivity contribution in [1.82, 2.24) is 14.9 Å². The van der Waals surface area contributed by atoms with Gasteiger partial charge in [0, 0.05) is 17.8 Å². The van der Waals surface area contributed by atoms with Crippen LogP contribution in [0.15, 0.2) is 24.5 Å². The molecule has 0 aromatic carbocycles. The zero-order valence-corrected chi connectivity index (χ0v) is 18.4. The van der Waals surface area contributed by atoms with Crippen LogP contribution < -0.4 is 16.4 Å². The molecule has 2 heterocycles. The Bertz CT molecular complexity index is 1020. The molecule has 0 radical (unpaired) electrons. The number of hydrogen-bond donors (Lipinski definition) is 3. The molecule has 0 aliphatic heterocycles. The quantitative estimate of drug-likeness (QED) is 0.696. The van der Waals surface area contributed by atoms with E-state index in [1.54, 1.807) is 10.7 Å². The Kier molecular flexibility index (Phi) is 4.46. The second kappa shape index (κ2) is 6.87. The predicted molar refractivity (Wildman–Crippen MR) is 117 cm³/mol. The normalized spacial score (nSPS) is 31.6. The number of ether oxygens (including phenoxy) is 1. The van der Waals surface area contributed by atoms with Crippen LogP contribution in [0.25, 0.3) is 5.52 Å². The molecule has 2 atom stereocenters. The van der Waals surface area contributed by atoms with Gasteiger partial charge in [0.25, 0.3) is 5.91 Å². The first-order valence-electron chi connectivity index (χ1n) is 11.2. The Morgan fingerprint density at radius 2 is 1.94 bits per heavy atom.